The summed E-state index contributed by atoms with van der Waals surface area (Å²) in [5, 5.41) is 3.12. The summed E-state index contributed by atoms with van der Waals surface area (Å²) in [6.45, 7) is 6.26. The molecule has 3 aromatic rings. The molecule has 0 aliphatic heterocycles. The van der Waals surface area contributed by atoms with Crippen LogP contribution >= 0.6 is 0 Å². The van der Waals surface area contributed by atoms with Gasteiger partial charge in [-0.1, -0.05) is 38.1 Å². The maximum Gasteiger partial charge on any atom is 0.251 e. The van der Waals surface area contributed by atoms with Crippen LogP contribution in [0, 0.1) is 6.92 Å². The molecule has 1 aliphatic rings. The van der Waals surface area contributed by atoms with Gasteiger partial charge in [-0.15, -0.1) is 0 Å². The van der Waals surface area contributed by atoms with Gasteiger partial charge >= 0.3 is 0 Å². The van der Waals surface area contributed by atoms with Gasteiger partial charge in [-0.25, -0.2) is 13.8 Å². The number of benzene rings is 1. The standard InChI is InChI=1S/C29H33F2N5O2/c1-4-23(5-2)36-17-21(10-11-27(36)38)25-16-33-18(3)28(35-25)26(37)12-24(32)20-8-6-19(7-9-20)15-34-22-13-29(30,31)14-22/h6-12,16-17,22-23,34H,4-5,13-15,32H2,1-3H3. The number of rotatable bonds is 10. The van der Waals surface area contributed by atoms with Gasteiger partial charge in [-0.3, -0.25) is 14.6 Å². The second kappa shape index (κ2) is 11.3. The van der Waals surface area contributed by atoms with Crippen molar-refractivity contribution in [1.82, 2.24) is 19.9 Å². The summed E-state index contributed by atoms with van der Waals surface area (Å²) in [6, 6.07) is 10.4. The zero-order valence-corrected chi connectivity index (χ0v) is 21.9. The molecule has 0 saturated heterocycles. The van der Waals surface area contributed by atoms with Crippen molar-refractivity contribution >= 4 is 11.5 Å². The number of allylic oxidation sites excluding steroid dienone is 1. The van der Waals surface area contributed by atoms with E-state index in [9.17, 15) is 18.4 Å². The van der Waals surface area contributed by atoms with Gasteiger partial charge < -0.3 is 15.6 Å². The minimum Gasteiger partial charge on any atom is -0.398 e. The van der Waals surface area contributed by atoms with Crippen molar-refractivity contribution in [3.8, 4) is 11.3 Å². The Bertz CT molecular complexity index is 1390. The fraction of sp³-hybridized carbons (Fsp3) is 0.379. The molecule has 0 bridgehead atoms. The van der Waals surface area contributed by atoms with Crippen LogP contribution in [0.4, 0.5) is 8.78 Å². The summed E-state index contributed by atoms with van der Waals surface area (Å²) >= 11 is 0. The Morgan fingerprint density at radius 1 is 1.18 bits per heavy atom. The number of aryl methyl sites for hydroxylation is 1. The number of carbonyl (C=O) groups is 1. The Hall–Kier alpha value is -3.72. The van der Waals surface area contributed by atoms with E-state index in [1.165, 1.54) is 12.1 Å². The lowest BCUT2D eigenvalue weighted by atomic mass is 9.88. The van der Waals surface area contributed by atoms with E-state index in [0.29, 0.717) is 29.1 Å². The summed E-state index contributed by atoms with van der Waals surface area (Å²) in [5.74, 6) is -2.93. The zero-order valence-electron chi connectivity index (χ0n) is 21.9. The average molecular weight is 522 g/mol. The fourth-order valence-electron chi connectivity index (χ4n) is 4.62. The van der Waals surface area contributed by atoms with Crippen LogP contribution in [0.25, 0.3) is 17.0 Å². The number of ketones is 1. The summed E-state index contributed by atoms with van der Waals surface area (Å²) < 4.78 is 27.7. The molecule has 0 radical (unpaired) electrons. The molecular weight excluding hydrogens is 488 g/mol. The number of nitrogens with zero attached hydrogens (tertiary/aromatic N) is 3. The number of nitrogens with one attached hydrogen (secondary N) is 1. The Morgan fingerprint density at radius 3 is 2.50 bits per heavy atom. The highest BCUT2D eigenvalue weighted by Crippen LogP contribution is 2.37. The number of nitrogens with two attached hydrogens (primary N) is 1. The lowest BCUT2D eigenvalue weighted by Crippen LogP contribution is -2.48. The molecule has 7 nitrogen and oxygen atoms in total. The Kier molecular flexibility index (Phi) is 8.16. The van der Waals surface area contributed by atoms with Crippen molar-refractivity contribution in [2.24, 2.45) is 5.73 Å². The third-order valence-electron chi connectivity index (χ3n) is 7.02. The van der Waals surface area contributed by atoms with E-state index in [-0.39, 0.29) is 47.7 Å². The predicted molar refractivity (Wildman–Crippen MR) is 144 cm³/mol. The molecule has 1 saturated carbocycles. The van der Waals surface area contributed by atoms with Gasteiger partial charge in [0.2, 0.25) is 5.78 Å². The SMILES string of the molecule is CCC(CC)n1cc(-c2cnc(C)c(C(=O)C=C(N)c3ccc(CNC4CC(F)(F)C4)cc3)n2)ccc1=O. The molecule has 1 fully saturated rings. The first kappa shape index (κ1) is 27.3. The van der Waals surface area contributed by atoms with E-state index in [2.05, 4.69) is 15.3 Å². The van der Waals surface area contributed by atoms with Crippen LogP contribution in [0.1, 0.15) is 72.9 Å². The third-order valence-corrected chi connectivity index (χ3v) is 7.02. The average Bonchev–Trinajstić information content (AvgIpc) is 2.88. The van der Waals surface area contributed by atoms with Gasteiger partial charge in [0, 0.05) is 61.1 Å². The van der Waals surface area contributed by atoms with E-state index < -0.39 is 5.92 Å². The smallest absolute Gasteiger partial charge is 0.251 e. The Balaban J connectivity index is 1.49. The van der Waals surface area contributed by atoms with Crippen LogP contribution in [0.5, 0.6) is 0 Å². The number of alkyl halides is 2. The topological polar surface area (TPSA) is 103 Å². The molecule has 3 N–H and O–H groups in total. The summed E-state index contributed by atoms with van der Waals surface area (Å²) in [7, 11) is 0. The van der Waals surface area contributed by atoms with Crippen LogP contribution in [-0.2, 0) is 6.54 Å². The number of carbonyl (C=O) groups excluding carboxylic acids is 1. The predicted octanol–water partition coefficient (Wildman–Crippen LogP) is 5.04. The Labute approximate surface area is 220 Å². The van der Waals surface area contributed by atoms with E-state index >= 15 is 0 Å². The molecule has 0 atom stereocenters. The van der Waals surface area contributed by atoms with Gasteiger partial charge in [0.25, 0.3) is 11.5 Å². The molecule has 2 heterocycles. The number of hydrogen-bond acceptors (Lipinski definition) is 6. The maximum atomic E-state index is 13.1. The van der Waals surface area contributed by atoms with Crippen molar-refractivity contribution in [2.45, 2.75) is 71.0 Å². The van der Waals surface area contributed by atoms with Gasteiger partial charge in [0.1, 0.15) is 5.69 Å². The first-order chi connectivity index (χ1) is 18.1. The fourth-order valence-corrected chi connectivity index (χ4v) is 4.62. The summed E-state index contributed by atoms with van der Waals surface area (Å²) in [6.07, 6.45) is 6.07. The van der Waals surface area contributed by atoms with E-state index in [1.807, 2.05) is 26.0 Å². The third kappa shape index (κ3) is 6.22. The van der Waals surface area contributed by atoms with Gasteiger partial charge in [0.05, 0.1) is 17.6 Å². The molecule has 0 amide bonds. The largest absolute Gasteiger partial charge is 0.398 e. The van der Waals surface area contributed by atoms with Gasteiger partial charge in [0.15, 0.2) is 0 Å². The van der Waals surface area contributed by atoms with Crippen molar-refractivity contribution < 1.29 is 13.6 Å². The quantitative estimate of drug-likeness (QED) is 0.286. The minimum absolute atomic E-state index is 0.0785. The monoisotopic (exact) mass is 521 g/mol. The molecule has 1 aromatic carbocycles. The maximum absolute atomic E-state index is 13.1. The molecule has 4 rings (SSSR count). The first-order valence-electron chi connectivity index (χ1n) is 12.9. The highest BCUT2D eigenvalue weighted by atomic mass is 19.3. The normalized spacial score (nSPS) is 15.5. The second-order valence-corrected chi connectivity index (χ2v) is 9.83. The van der Waals surface area contributed by atoms with Crippen molar-refractivity contribution in [1.29, 1.82) is 0 Å². The van der Waals surface area contributed by atoms with Crippen molar-refractivity contribution in [3.05, 3.63) is 87.7 Å². The minimum atomic E-state index is -2.55. The summed E-state index contributed by atoms with van der Waals surface area (Å²) in [4.78, 5) is 34.4. The second-order valence-electron chi connectivity index (χ2n) is 9.83. The van der Waals surface area contributed by atoms with Crippen LogP contribution < -0.4 is 16.6 Å². The highest BCUT2D eigenvalue weighted by molar-refractivity contribution is 6.07. The van der Waals surface area contributed by atoms with Crippen LogP contribution in [-0.4, -0.2) is 32.3 Å². The molecule has 0 unspecified atom stereocenters. The zero-order chi connectivity index (χ0) is 27.4. The number of hydrogen-bond donors (Lipinski definition) is 2. The van der Waals surface area contributed by atoms with Gasteiger partial charge in [-0.05, 0) is 37.0 Å². The molecule has 9 heteroatoms. The lowest BCUT2D eigenvalue weighted by Gasteiger charge is -2.35. The Morgan fingerprint density at radius 2 is 1.87 bits per heavy atom. The molecule has 2 aromatic heterocycles. The van der Waals surface area contributed by atoms with Crippen LogP contribution in [0.15, 0.2) is 59.7 Å². The first-order valence-corrected chi connectivity index (χ1v) is 12.9. The molecule has 0 spiro atoms. The van der Waals surface area contributed by atoms with Gasteiger partial charge in [-0.2, -0.15) is 0 Å². The number of halogens is 2. The van der Waals surface area contributed by atoms with E-state index in [0.717, 1.165) is 18.4 Å². The molecule has 1 aliphatic carbocycles. The van der Waals surface area contributed by atoms with E-state index in [1.54, 1.807) is 42.1 Å². The van der Waals surface area contributed by atoms with Crippen molar-refractivity contribution in [2.75, 3.05) is 0 Å². The summed E-state index contributed by atoms with van der Waals surface area (Å²) in [5.41, 5.74) is 9.87. The lowest BCUT2D eigenvalue weighted by molar-refractivity contribution is -0.0930. The van der Waals surface area contributed by atoms with Crippen LogP contribution in [0.2, 0.25) is 0 Å². The molecular formula is C29H33F2N5O2. The van der Waals surface area contributed by atoms with Crippen LogP contribution in [0.3, 0.4) is 0 Å². The van der Waals surface area contributed by atoms with Crippen molar-refractivity contribution in [3.63, 3.8) is 0 Å². The highest BCUT2D eigenvalue weighted by Gasteiger charge is 2.44. The number of pyridine rings is 1. The van der Waals surface area contributed by atoms with E-state index in [4.69, 9.17) is 5.73 Å². The molecule has 38 heavy (non-hydrogen) atoms. The molecule has 200 valence electrons. The number of aromatic nitrogens is 3.